The van der Waals surface area contributed by atoms with Crippen LogP contribution >= 0.6 is 0 Å². The maximum Gasteiger partial charge on any atom is 0.498 e. The molecule has 0 saturated carbocycles. The number of nitrogens with one attached hydrogen (secondary N) is 1. The number of aromatic nitrogens is 2. The smallest absolute Gasteiger partial charge is 0.399 e. The van der Waals surface area contributed by atoms with E-state index in [0.717, 1.165) is 6.07 Å². The van der Waals surface area contributed by atoms with Gasteiger partial charge >= 0.3 is 13.3 Å². The molecule has 0 spiro atoms. The number of hydrogen-bond donors (Lipinski definition) is 1. The van der Waals surface area contributed by atoms with E-state index < -0.39 is 59.2 Å². The number of amides is 1. The molecule has 2 aliphatic rings. The zero-order valence-electron chi connectivity index (χ0n) is 21.5. The van der Waals surface area contributed by atoms with Crippen molar-refractivity contribution in [2.75, 3.05) is 18.0 Å². The lowest BCUT2D eigenvalue weighted by Crippen LogP contribution is -2.63. The van der Waals surface area contributed by atoms with E-state index >= 15 is 0 Å². The van der Waals surface area contributed by atoms with Crippen molar-refractivity contribution in [3.8, 4) is 6.07 Å². The van der Waals surface area contributed by atoms with Crippen LogP contribution < -0.4 is 15.7 Å². The summed E-state index contributed by atoms with van der Waals surface area (Å²) in [6.45, 7) is 8.55. The van der Waals surface area contributed by atoms with Crippen molar-refractivity contribution in [1.29, 1.82) is 5.26 Å². The second-order valence-corrected chi connectivity index (χ2v) is 10.7. The average Bonchev–Trinajstić information content (AvgIpc) is 3.34. The fourth-order valence-electron chi connectivity index (χ4n) is 4.33. The minimum absolute atomic E-state index is 0.0217. The van der Waals surface area contributed by atoms with Crippen LogP contribution in [0.15, 0.2) is 24.5 Å². The van der Waals surface area contributed by atoms with Crippen molar-refractivity contribution < 1.29 is 36.1 Å². The van der Waals surface area contributed by atoms with Crippen LogP contribution in [-0.4, -0.2) is 59.3 Å². The fourth-order valence-corrected chi connectivity index (χ4v) is 4.33. The molecule has 1 amide bonds. The zero-order chi connectivity index (χ0) is 28.3. The molecule has 1 aromatic heterocycles. The molecule has 1 aromatic carbocycles. The van der Waals surface area contributed by atoms with Crippen LogP contribution in [0.1, 0.15) is 51.4 Å². The molecule has 1 atom stereocenters. The van der Waals surface area contributed by atoms with E-state index in [2.05, 4.69) is 11.2 Å². The van der Waals surface area contributed by atoms with E-state index in [1.807, 2.05) is 27.7 Å². The summed E-state index contributed by atoms with van der Waals surface area (Å²) in [6, 6.07) is 1.19. The number of anilines is 1. The largest absolute Gasteiger partial charge is 0.498 e. The Labute approximate surface area is 216 Å². The van der Waals surface area contributed by atoms with Crippen molar-refractivity contribution in [2.45, 2.75) is 70.0 Å². The zero-order valence-corrected chi connectivity index (χ0v) is 21.5. The summed E-state index contributed by atoms with van der Waals surface area (Å²) < 4.78 is 81.4. The van der Waals surface area contributed by atoms with Crippen LogP contribution in [0.5, 0.6) is 0 Å². The van der Waals surface area contributed by atoms with Gasteiger partial charge in [0.25, 0.3) is 5.91 Å². The third-order valence-electron chi connectivity index (χ3n) is 7.45. The van der Waals surface area contributed by atoms with Gasteiger partial charge in [-0.3, -0.25) is 9.48 Å². The highest BCUT2D eigenvalue weighted by Gasteiger charge is 2.53. The minimum atomic E-state index is -4.74. The van der Waals surface area contributed by atoms with Crippen LogP contribution in [0.25, 0.3) is 0 Å². The van der Waals surface area contributed by atoms with Gasteiger partial charge in [0.05, 0.1) is 34.9 Å². The molecular weight excluding hydrogens is 512 g/mol. The molecule has 2 fully saturated rings. The Kier molecular flexibility index (Phi) is 6.77. The van der Waals surface area contributed by atoms with Gasteiger partial charge in [-0.05, 0) is 40.7 Å². The standard InChI is InChI=1S/C24H27BF5N5O3/c1-14(24(28,29)30)33-20(36)16-8-18(27)19(9-17(16)26)34-12-23(13-34,6-7-31)35-11-15(10-32-35)25-37-21(2,3)22(4,5)38-25/h8-11,14H,6,12-13H2,1-5H3,(H,33,36). The third kappa shape index (κ3) is 4.85. The number of nitrogens with zero attached hydrogens (tertiary/aromatic N) is 4. The fraction of sp³-hybridized carbons (Fsp3) is 0.542. The van der Waals surface area contributed by atoms with Gasteiger partial charge in [-0.2, -0.15) is 23.5 Å². The number of nitriles is 1. The van der Waals surface area contributed by atoms with E-state index in [-0.39, 0.29) is 25.2 Å². The van der Waals surface area contributed by atoms with Crippen LogP contribution in [0.4, 0.5) is 27.6 Å². The highest BCUT2D eigenvalue weighted by Crippen LogP contribution is 2.39. The molecule has 0 aliphatic carbocycles. The Bertz CT molecular complexity index is 1270. The minimum Gasteiger partial charge on any atom is -0.399 e. The van der Waals surface area contributed by atoms with Gasteiger partial charge in [-0.15, -0.1) is 0 Å². The normalized spacial score (nSPS) is 20.6. The van der Waals surface area contributed by atoms with Crippen molar-refractivity contribution in [3.05, 3.63) is 41.7 Å². The Morgan fingerprint density at radius 1 is 1.18 bits per heavy atom. The monoisotopic (exact) mass is 539 g/mol. The first-order valence-corrected chi connectivity index (χ1v) is 11.9. The van der Waals surface area contributed by atoms with Gasteiger partial charge in [-0.1, -0.05) is 0 Å². The molecule has 3 heterocycles. The van der Waals surface area contributed by atoms with Gasteiger partial charge in [0, 0.05) is 37.0 Å². The first-order chi connectivity index (χ1) is 17.5. The van der Waals surface area contributed by atoms with Crippen LogP contribution in [0, 0.1) is 23.0 Å². The predicted molar refractivity (Wildman–Crippen MR) is 128 cm³/mol. The van der Waals surface area contributed by atoms with Crippen molar-refractivity contribution >= 4 is 24.2 Å². The van der Waals surface area contributed by atoms with E-state index in [1.54, 1.807) is 22.4 Å². The number of hydrogen-bond acceptors (Lipinski definition) is 6. The molecule has 204 valence electrons. The first-order valence-electron chi connectivity index (χ1n) is 11.9. The summed E-state index contributed by atoms with van der Waals surface area (Å²) in [5, 5.41) is 15.5. The Hall–Kier alpha value is -3.18. The highest BCUT2D eigenvalue weighted by atomic mass is 19.4. The Balaban J connectivity index is 1.51. The summed E-state index contributed by atoms with van der Waals surface area (Å²) in [5.74, 6) is -3.54. The van der Waals surface area contributed by atoms with Gasteiger partial charge in [0.2, 0.25) is 0 Å². The van der Waals surface area contributed by atoms with Crippen LogP contribution in [-0.2, 0) is 14.8 Å². The SMILES string of the molecule is CC(NC(=O)c1cc(F)c(N2CC(CC#N)(n3cc(B4OC(C)(C)C(C)(C)O4)cn3)C2)cc1F)C(F)(F)F. The molecule has 0 bridgehead atoms. The number of carbonyl (C=O) groups is 1. The summed E-state index contributed by atoms with van der Waals surface area (Å²) >= 11 is 0. The van der Waals surface area contributed by atoms with E-state index in [4.69, 9.17) is 9.31 Å². The van der Waals surface area contributed by atoms with Crippen molar-refractivity contribution in [1.82, 2.24) is 15.1 Å². The van der Waals surface area contributed by atoms with Gasteiger partial charge in [-0.25, -0.2) is 8.78 Å². The van der Waals surface area contributed by atoms with Crippen molar-refractivity contribution in [2.24, 2.45) is 0 Å². The molecular formula is C24H27BF5N5O3. The molecule has 2 aromatic rings. The van der Waals surface area contributed by atoms with Gasteiger partial charge in [0.15, 0.2) is 0 Å². The average molecular weight is 539 g/mol. The van der Waals surface area contributed by atoms with E-state index in [9.17, 15) is 32.0 Å². The lowest BCUT2D eigenvalue weighted by atomic mass is 9.81. The molecule has 38 heavy (non-hydrogen) atoms. The van der Waals surface area contributed by atoms with Crippen molar-refractivity contribution in [3.63, 3.8) is 0 Å². The van der Waals surface area contributed by atoms with Gasteiger partial charge in [0.1, 0.15) is 23.2 Å². The Morgan fingerprint density at radius 2 is 1.79 bits per heavy atom. The summed E-state index contributed by atoms with van der Waals surface area (Å²) in [4.78, 5) is 13.6. The molecule has 0 radical (unpaired) electrons. The topological polar surface area (TPSA) is 92.4 Å². The summed E-state index contributed by atoms with van der Waals surface area (Å²) in [6.07, 6.45) is -1.45. The Morgan fingerprint density at radius 3 is 2.34 bits per heavy atom. The molecule has 1 N–H and O–H groups in total. The second-order valence-electron chi connectivity index (χ2n) is 10.7. The highest BCUT2D eigenvalue weighted by molar-refractivity contribution is 6.62. The number of rotatable bonds is 6. The van der Waals surface area contributed by atoms with Crippen LogP contribution in [0.3, 0.4) is 0 Å². The van der Waals surface area contributed by atoms with Gasteiger partial charge < -0.3 is 19.5 Å². The second kappa shape index (κ2) is 9.23. The lowest BCUT2D eigenvalue weighted by molar-refractivity contribution is -0.149. The van der Waals surface area contributed by atoms with E-state index in [0.29, 0.717) is 18.5 Å². The molecule has 14 heteroatoms. The summed E-state index contributed by atoms with van der Waals surface area (Å²) in [7, 11) is -0.672. The number of benzene rings is 1. The van der Waals surface area contributed by atoms with Crippen LogP contribution in [0.2, 0.25) is 0 Å². The first kappa shape index (κ1) is 27.8. The number of halogens is 5. The summed E-state index contributed by atoms with van der Waals surface area (Å²) in [5.41, 5.74) is -2.36. The molecule has 2 saturated heterocycles. The third-order valence-corrected chi connectivity index (χ3v) is 7.45. The number of carbonyl (C=O) groups excluding carboxylic acids is 1. The predicted octanol–water partition coefficient (Wildman–Crippen LogP) is 3.27. The van der Waals surface area contributed by atoms with E-state index in [1.165, 1.54) is 4.90 Å². The molecule has 2 aliphatic heterocycles. The lowest BCUT2D eigenvalue weighted by Gasteiger charge is -2.50. The maximum atomic E-state index is 14.9. The maximum absolute atomic E-state index is 14.9. The quantitative estimate of drug-likeness (QED) is 0.448. The number of alkyl halides is 3. The molecule has 4 rings (SSSR count). The molecule has 8 nitrogen and oxygen atoms in total. The molecule has 1 unspecified atom stereocenters.